The van der Waals surface area contributed by atoms with Crippen molar-refractivity contribution in [2.45, 2.75) is 36.6 Å². The van der Waals surface area contributed by atoms with Gasteiger partial charge in [-0.2, -0.15) is 0 Å². The van der Waals surface area contributed by atoms with Crippen LogP contribution in [0.5, 0.6) is 5.75 Å². The fourth-order valence-electron chi connectivity index (χ4n) is 4.06. The molecule has 3 aromatic carbocycles. The molecule has 1 unspecified atom stereocenters. The Labute approximate surface area is 181 Å². The van der Waals surface area contributed by atoms with Gasteiger partial charge in [-0.1, -0.05) is 30.3 Å². The lowest BCUT2D eigenvalue weighted by Crippen LogP contribution is -2.29. The highest BCUT2D eigenvalue weighted by Gasteiger charge is 2.29. The van der Waals surface area contributed by atoms with Crippen LogP contribution in [0.4, 0.5) is 11.4 Å². The molecule has 1 heterocycles. The van der Waals surface area contributed by atoms with Gasteiger partial charge >= 0.3 is 0 Å². The minimum Gasteiger partial charge on any atom is -0.508 e. The van der Waals surface area contributed by atoms with Crippen LogP contribution in [0.3, 0.4) is 0 Å². The van der Waals surface area contributed by atoms with E-state index >= 15 is 0 Å². The first-order valence-electron chi connectivity index (χ1n) is 10.3. The van der Waals surface area contributed by atoms with E-state index in [0.29, 0.717) is 5.75 Å². The van der Waals surface area contributed by atoms with Gasteiger partial charge in [0.15, 0.2) is 0 Å². The van der Waals surface area contributed by atoms with Crippen molar-refractivity contribution < 1.29 is 9.32 Å². The predicted octanol–water partition coefficient (Wildman–Crippen LogP) is 5.15. The van der Waals surface area contributed by atoms with E-state index < -0.39 is 10.8 Å². The van der Waals surface area contributed by atoms with Crippen molar-refractivity contribution in [2.75, 3.05) is 25.0 Å². The number of aryl methyl sites for hydroxylation is 1. The predicted molar refractivity (Wildman–Crippen MR) is 123 cm³/mol. The Bertz CT molecular complexity index is 1080. The Kier molecular flexibility index (Phi) is 5.93. The standard InChI is InChI=1S/C25H28N2O2S/c1-18-9-14-24-25(19(18)2)27(22-7-4-5-8-23(22)30(24)29)16-6-15-26(3)17-20-10-12-21(28)13-11-20/h4-5,7-14,28H,6,15-17H2,1-3H3. The summed E-state index contributed by atoms with van der Waals surface area (Å²) in [7, 11) is 0.976. The van der Waals surface area contributed by atoms with E-state index in [2.05, 4.69) is 42.8 Å². The monoisotopic (exact) mass is 420 g/mol. The molecule has 5 heteroatoms. The zero-order valence-electron chi connectivity index (χ0n) is 17.8. The van der Waals surface area contributed by atoms with E-state index in [-0.39, 0.29) is 0 Å². The summed E-state index contributed by atoms with van der Waals surface area (Å²) < 4.78 is 13.2. The summed E-state index contributed by atoms with van der Waals surface area (Å²) in [4.78, 5) is 6.45. The maximum Gasteiger partial charge on any atom is 0.115 e. The Morgan fingerprint density at radius 1 is 0.967 bits per heavy atom. The molecular formula is C25H28N2O2S. The van der Waals surface area contributed by atoms with E-state index in [1.54, 1.807) is 12.1 Å². The Morgan fingerprint density at radius 2 is 1.70 bits per heavy atom. The normalized spacial score (nSPS) is 15.2. The number of fused-ring (bicyclic) bond motifs is 2. The molecule has 4 rings (SSSR count). The van der Waals surface area contributed by atoms with E-state index in [9.17, 15) is 9.32 Å². The number of benzene rings is 3. The largest absolute Gasteiger partial charge is 0.508 e. The first kappa shape index (κ1) is 20.6. The summed E-state index contributed by atoms with van der Waals surface area (Å²) in [5, 5.41) is 9.46. The fourth-order valence-corrected chi connectivity index (χ4v) is 5.50. The molecule has 1 aliphatic rings. The first-order valence-corrected chi connectivity index (χ1v) is 11.5. The average Bonchev–Trinajstić information content (AvgIpc) is 2.74. The van der Waals surface area contributed by atoms with Crippen LogP contribution < -0.4 is 4.90 Å². The van der Waals surface area contributed by atoms with Gasteiger partial charge in [0.25, 0.3) is 0 Å². The van der Waals surface area contributed by atoms with Gasteiger partial charge in [0.1, 0.15) is 5.75 Å². The van der Waals surface area contributed by atoms with E-state index in [4.69, 9.17) is 0 Å². The van der Waals surface area contributed by atoms with Gasteiger partial charge in [-0.25, -0.2) is 4.21 Å². The molecule has 1 atom stereocenters. The van der Waals surface area contributed by atoms with Gasteiger partial charge in [-0.05, 0) is 80.9 Å². The van der Waals surface area contributed by atoms with Crippen LogP contribution in [0.25, 0.3) is 0 Å². The molecular weight excluding hydrogens is 392 g/mol. The van der Waals surface area contributed by atoms with Crippen LogP contribution in [-0.4, -0.2) is 34.4 Å². The number of nitrogens with zero attached hydrogens (tertiary/aromatic N) is 2. The zero-order valence-corrected chi connectivity index (χ0v) is 18.6. The molecule has 4 nitrogen and oxygen atoms in total. The number of aromatic hydroxyl groups is 1. The Morgan fingerprint density at radius 3 is 2.47 bits per heavy atom. The third kappa shape index (κ3) is 4.00. The zero-order chi connectivity index (χ0) is 21.3. The van der Waals surface area contributed by atoms with Crippen molar-refractivity contribution in [1.82, 2.24) is 4.90 Å². The fraction of sp³-hybridized carbons (Fsp3) is 0.280. The van der Waals surface area contributed by atoms with Gasteiger partial charge < -0.3 is 14.9 Å². The molecule has 0 saturated carbocycles. The lowest BCUT2D eigenvalue weighted by atomic mass is 10.1. The van der Waals surface area contributed by atoms with Crippen LogP contribution in [0, 0.1) is 13.8 Å². The Balaban J connectivity index is 1.53. The number of para-hydroxylation sites is 1. The number of phenolic OH excluding ortho intramolecular Hbond substituents is 1. The minimum absolute atomic E-state index is 0.298. The minimum atomic E-state index is -1.14. The second-order valence-electron chi connectivity index (χ2n) is 8.00. The van der Waals surface area contributed by atoms with Crippen LogP contribution in [0.15, 0.2) is 70.5 Å². The molecule has 0 amide bonds. The molecule has 30 heavy (non-hydrogen) atoms. The maximum absolute atomic E-state index is 13.2. The summed E-state index contributed by atoms with van der Waals surface area (Å²) in [6.45, 7) is 6.90. The quantitative estimate of drug-likeness (QED) is 0.599. The van der Waals surface area contributed by atoms with Crippen molar-refractivity contribution >= 4 is 22.2 Å². The van der Waals surface area contributed by atoms with Gasteiger partial charge in [-0.3, -0.25) is 0 Å². The molecule has 0 aliphatic carbocycles. The maximum atomic E-state index is 13.2. The summed E-state index contributed by atoms with van der Waals surface area (Å²) in [5.74, 6) is 0.298. The van der Waals surface area contributed by atoms with Crippen molar-refractivity contribution in [3.8, 4) is 5.75 Å². The van der Waals surface area contributed by atoms with E-state index in [1.807, 2.05) is 36.4 Å². The van der Waals surface area contributed by atoms with Crippen LogP contribution >= 0.6 is 0 Å². The molecule has 0 saturated heterocycles. The summed E-state index contributed by atoms with van der Waals surface area (Å²) >= 11 is 0. The van der Waals surface area contributed by atoms with E-state index in [0.717, 1.165) is 47.2 Å². The number of hydrogen-bond acceptors (Lipinski definition) is 4. The summed E-state index contributed by atoms with van der Waals surface area (Å²) in [6.07, 6.45) is 0.988. The van der Waals surface area contributed by atoms with Gasteiger partial charge in [-0.15, -0.1) is 0 Å². The van der Waals surface area contributed by atoms with Crippen LogP contribution in [0.2, 0.25) is 0 Å². The molecule has 0 spiro atoms. The van der Waals surface area contributed by atoms with Crippen LogP contribution in [0.1, 0.15) is 23.1 Å². The first-order chi connectivity index (χ1) is 14.5. The van der Waals surface area contributed by atoms with Crippen LogP contribution in [-0.2, 0) is 17.3 Å². The summed E-state index contributed by atoms with van der Waals surface area (Å²) in [6, 6.07) is 19.5. The summed E-state index contributed by atoms with van der Waals surface area (Å²) in [5.41, 5.74) is 5.77. The highest BCUT2D eigenvalue weighted by atomic mass is 32.2. The van der Waals surface area contributed by atoms with Crippen molar-refractivity contribution in [3.05, 3.63) is 77.4 Å². The number of rotatable bonds is 6. The highest BCUT2D eigenvalue weighted by molar-refractivity contribution is 7.85. The lowest BCUT2D eigenvalue weighted by molar-refractivity contribution is 0.323. The molecule has 1 N–H and O–H groups in total. The number of hydrogen-bond donors (Lipinski definition) is 1. The highest BCUT2D eigenvalue weighted by Crippen LogP contribution is 2.44. The number of phenols is 1. The Hall–Kier alpha value is -2.63. The van der Waals surface area contributed by atoms with Crippen molar-refractivity contribution in [2.24, 2.45) is 0 Å². The van der Waals surface area contributed by atoms with Gasteiger partial charge in [0.2, 0.25) is 0 Å². The molecule has 0 fully saturated rings. The van der Waals surface area contributed by atoms with Crippen molar-refractivity contribution in [1.29, 1.82) is 0 Å². The molecule has 1 aliphatic heterocycles. The van der Waals surface area contributed by atoms with Crippen molar-refractivity contribution in [3.63, 3.8) is 0 Å². The topological polar surface area (TPSA) is 43.8 Å². The molecule has 0 radical (unpaired) electrons. The molecule has 0 aromatic heterocycles. The molecule has 3 aromatic rings. The SMILES string of the molecule is Cc1ccc2c(c1C)N(CCCN(C)Cc1ccc(O)cc1)c1ccccc1S2=O. The van der Waals surface area contributed by atoms with Gasteiger partial charge in [0.05, 0.1) is 32.0 Å². The third-order valence-corrected chi connectivity index (χ3v) is 7.27. The number of anilines is 2. The second-order valence-corrected chi connectivity index (χ2v) is 9.42. The third-order valence-electron chi connectivity index (χ3n) is 5.80. The molecule has 0 bridgehead atoms. The second kappa shape index (κ2) is 8.62. The average molecular weight is 421 g/mol. The van der Waals surface area contributed by atoms with Gasteiger partial charge in [0, 0.05) is 13.1 Å². The smallest absolute Gasteiger partial charge is 0.115 e. The lowest BCUT2D eigenvalue weighted by Gasteiger charge is -2.35. The van der Waals surface area contributed by atoms with E-state index in [1.165, 1.54) is 16.7 Å². The molecule has 156 valence electrons.